The molecule has 4 heteroatoms. The summed E-state index contributed by atoms with van der Waals surface area (Å²) in [5.41, 5.74) is 1.64. The van der Waals surface area contributed by atoms with Gasteiger partial charge in [-0.25, -0.2) is 0 Å². The topological polar surface area (TPSA) is 49.4 Å². The van der Waals surface area contributed by atoms with Gasteiger partial charge in [0.15, 0.2) is 5.78 Å². The van der Waals surface area contributed by atoms with Crippen molar-refractivity contribution in [3.8, 4) is 0 Å². The number of nitrogens with zero attached hydrogens (tertiary/aromatic N) is 1. The van der Waals surface area contributed by atoms with Gasteiger partial charge in [-0.3, -0.25) is 9.59 Å². The summed E-state index contributed by atoms with van der Waals surface area (Å²) < 4.78 is 0. The van der Waals surface area contributed by atoms with Crippen LogP contribution in [-0.4, -0.2) is 41.8 Å². The molecule has 2 rings (SSSR count). The molecule has 1 saturated heterocycles. The third kappa shape index (κ3) is 4.20. The van der Waals surface area contributed by atoms with Crippen LogP contribution in [0.25, 0.3) is 0 Å². The molecule has 0 aliphatic carbocycles. The molecule has 126 valence electrons. The molecule has 4 nitrogen and oxygen atoms in total. The van der Waals surface area contributed by atoms with Crippen LogP contribution in [0, 0.1) is 5.92 Å². The average Bonchev–Trinajstić information content (AvgIpc) is 2.51. The number of piperazine rings is 1. The monoisotopic (exact) mass is 316 g/mol. The number of carbonyl (C=O) groups is 2. The molecule has 1 fully saturated rings. The molecule has 1 aromatic carbocycles. The summed E-state index contributed by atoms with van der Waals surface area (Å²) >= 11 is 0. The summed E-state index contributed by atoms with van der Waals surface area (Å²) in [6, 6.07) is 7.49. The lowest BCUT2D eigenvalue weighted by molar-refractivity contribution is -0.134. The number of nitrogens with one attached hydrogen (secondary N) is 1. The number of benzene rings is 1. The molecule has 1 N–H and O–H groups in total. The third-order valence-electron chi connectivity index (χ3n) is 4.47. The first kappa shape index (κ1) is 17.7. The van der Waals surface area contributed by atoms with E-state index in [1.807, 2.05) is 49.9 Å². The van der Waals surface area contributed by atoms with E-state index in [2.05, 4.69) is 19.2 Å². The number of Topliss-reactive ketones (excluding diaryl/α,β-unsaturated/α-hetero) is 1. The second-order valence-corrected chi connectivity index (χ2v) is 7.43. The van der Waals surface area contributed by atoms with Crippen molar-refractivity contribution in [2.45, 2.75) is 46.1 Å². The van der Waals surface area contributed by atoms with Gasteiger partial charge in [0.05, 0.1) is 5.92 Å². The fourth-order valence-corrected chi connectivity index (χ4v) is 3.02. The minimum Gasteiger partial charge on any atom is -0.339 e. The Bertz CT molecular complexity index is 576. The minimum atomic E-state index is -0.188. The number of amides is 1. The van der Waals surface area contributed by atoms with Crippen molar-refractivity contribution in [1.29, 1.82) is 0 Å². The fraction of sp³-hybridized carbons (Fsp3) is 0.579. The van der Waals surface area contributed by atoms with E-state index in [4.69, 9.17) is 0 Å². The summed E-state index contributed by atoms with van der Waals surface area (Å²) in [5, 5.41) is 3.42. The normalized spacial score (nSPS) is 18.8. The van der Waals surface area contributed by atoms with Gasteiger partial charge in [0.1, 0.15) is 0 Å². The molecule has 0 aromatic heterocycles. The van der Waals surface area contributed by atoms with Gasteiger partial charge in [-0.15, -0.1) is 0 Å². The largest absolute Gasteiger partial charge is 0.339 e. The van der Waals surface area contributed by atoms with E-state index in [0.29, 0.717) is 5.56 Å². The summed E-state index contributed by atoms with van der Waals surface area (Å²) in [4.78, 5) is 26.7. The van der Waals surface area contributed by atoms with Gasteiger partial charge >= 0.3 is 0 Å². The van der Waals surface area contributed by atoms with Crippen LogP contribution < -0.4 is 5.32 Å². The first-order valence-electron chi connectivity index (χ1n) is 8.39. The predicted octanol–water partition coefficient (Wildman–Crippen LogP) is 2.84. The Balaban J connectivity index is 2.09. The van der Waals surface area contributed by atoms with Crippen LogP contribution in [-0.2, 0) is 4.79 Å². The van der Waals surface area contributed by atoms with Gasteiger partial charge in [-0.1, -0.05) is 38.1 Å². The highest BCUT2D eigenvalue weighted by Crippen LogP contribution is 2.22. The maximum atomic E-state index is 12.7. The van der Waals surface area contributed by atoms with E-state index in [9.17, 15) is 9.59 Å². The Morgan fingerprint density at radius 3 is 2.26 bits per heavy atom. The predicted molar refractivity (Wildman–Crippen MR) is 92.7 cm³/mol. The second-order valence-electron chi connectivity index (χ2n) is 7.43. The third-order valence-corrected chi connectivity index (χ3v) is 4.47. The SMILES string of the molecule is CC(C)C(=O)c1ccc(C(C)C(=O)N2CCNC(C)(C)C2)cc1. The first-order chi connectivity index (χ1) is 10.7. The molecule has 1 aromatic rings. The number of hydrogen-bond donors (Lipinski definition) is 1. The zero-order valence-electron chi connectivity index (χ0n) is 14.8. The smallest absolute Gasteiger partial charge is 0.229 e. The van der Waals surface area contributed by atoms with Crippen LogP contribution in [0.5, 0.6) is 0 Å². The van der Waals surface area contributed by atoms with Gasteiger partial charge in [-0.2, -0.15) is 0 Å². The molecule has 1 aliphatic rings. The molecule has 0 spiro atoms. The van der Waals surface area contributed by atoms with Crippen molar-refractivity contribution in [3.05, 3.63) is 35.4 Å². The minimum absolute atomic E-state index is 0.0111. The van der Waals surface area contributed by atoms with Crippen LogP contribution in [0.1, 0.15) is 56.5 Å². The quantitative estimate of drug-likeness (QED) is 0.869. The number of carbonyl (C=O) groups excluding carboxylic acids is 2. The maximum absolute atomic E-state index is 12.7. The standard InChI is InChI=1S/C19H28N2O2/c1-13(2)17(22)16-8-6-15(7-9-16)14(3)18(23)21-11-10-20-19(4,5)12-21/h6-9,13-14,20H,10-12H2,1-5H3. The average molecular weight is 316 g/mol. The van der Waals surface area contributed by atoms with Crippen molar-refractivity contribution >= 4 is 11.7 Å². The van der Waals surface area contributed by atoms with E-state index >= 15 is 0 Å². The second kappa shape index (κ2) is 6.83. The van der Waals surface area contributed by atoms with Gasteiger partial charge < -0.3 is 10.2 Å². The maximum Gasteiger partial charge on any atom is 0.229 e. The van der Waals surface area contributed by atoms with Crippen molar-refractivity contribution in [3.63, 3.8) is 0 Å². The molecule has 23 heavy (non-hydrogen) atoms. The van der Waals surface area contributed by atoms with Crippen molar-refractivity contribution in [2.24, 2.45) is 5.92 Å². The number of ketones is 1. The molecule has 1 amide bonds. The van der Waals surface area contributed by atoms with Crippen LogP contribution in [0.2, 0.25) is 0 Å². The Morgan fingerprint density at radius 1 is 1.13 bits per heavy atom. The van der Waals surface area contributed by atoms with E-state index < -0.39 is 0 Å². The summed E-state index contributed by atoms with van der Waals surface area (Å²) in [6.45, 7) is 12.3. The van der Waals surface area contributed by atoms with E-state index in [0.717, 1.165) is 25.2 Å². The van der Waals surface area contributed by atoms with Crippen molar-refractivity contribution < 1.29 is 9.59 Å². The van der Waals surface area contributed by atoms with Gasteiger partial charge in [0.2, 0.25) is 5.91 Å². The van der Waals surface area contributed by atoms with Crippen LogP contribution >= 0.6 is 0 Å². The van der Waals surface area contributed by atoms with Gasteiger partial charge in [-0.05, 0) is 26.3 Å². The molecule has 0 bridgehead atoms. The lowest BCUT2D eigenvalue weighted by Crippen LogP contribution is -2.58. The molecular formula is C19H28N2O2. The lowest BCUT2D eigenvalue weighted by Gasteiger charge is -2.40. The molecule has 1 heterocycles. The van der Waals surface area contributed by atoms with Crippen molar-refractivity contribution in [2.75, 3.05) is 19.6 Å². The van der Waals surface area contributed by atoms with E-state index in [1.165, 1.54) is 0 Å². The Morgan fingerprint density at radius 2 is 1.74 bits per heavy atom. The fourth-order valence-electron chi connectivity index (χ4n) is 3.02. The summed E-state index contributed by atoms with van der Waals surface area (Å²) in [7, 11) is 0. The first-order valence-corrected chi connectivity index (χ1v) is 8.39. The lowest BCUT2D eigenvalue weighted by atomic mass is 9.94. The molecule has 0 radical (unpaired) electrons. The Labute approximate surface area is 139 Å². The summed E-state index contributed by atoms with van der Waals surface area (Å²) in [6.07, 6.45) is 0. The van der Waals surface area contributed by atoms with E-state index in [1.54, 1.807) is 0 Å². The summed E-state index contributed by atoms with van der Waals surface area (Å²) in [5.74, 6) is 0.0944. The van der Waals surface area contributed by atoms with Crippen LogP contribution in [0.4, 0.5) is 0 Å². The highest BCUT2D eigenvalue weighted by molar-refractivity contribution is 5.97. The zero-order chi connectivity index (χ0) is 17.2. The number of hydrogen-bond acceptors (Lipinski definition) is 3. The zero-order valence-corrected chi connectivity index (χ0v) is 14.8. The Kier molecular flexibility index (Phi) is 5.25. The number of rotatable bonds is 4. The molecule has 1 atom stereocenters. The van der Waals surface area contributed by atoms with Crippen molar-refractivity contribution in [1.82, 2.24) is 10.2 Å². The van der Waals surface area contributed by atoms with Crippen LogP contribution in [0.3, 0.4) is 0 Å². The molecular weight excluding hydrogens is 288 g/mol. The molecule has 0 saturated carbocycles. The van der Waals surface area contributed by atoms with Gasteiger partial charge in [0, 0.05) is 36.7 Å². The molecule has 1 aliphatic heterocycles. The highest BCUT2D eigenvalue weighted by Gasteiger charge is 2.31. The van der Waals surface area contributed by atoms with Crippen LogP contribution in [0.15, 0.2) is 24.3 Å². The highest BCUT2D eigenvalue weighted by atomic mass is 16.2. The van der Waals surface area contributed by atoms with Gasteiger partial charge in [0.25, 0.3) is 0 Å². The molecule has 1 unspecified atom stereocenters. The Hall–Kier alpha value is -1.68. The van der Waals surface area contributed by atoms with E-state index in [-0.39, 0.29) is 29.1 Å².